The number of amides is 1. The number of carbonyl (C=O) groups excluding carboxylic acids is 1. The van der Waals surface area contributed by atoms with Crippen LogP contribution in [0.3, 0.4) is 0 Å². The van der Waals surface area contributed by atoms with Crippen LogP contribution in [0.5, 0.6) is 0 Å². The number of H-pyrrole nitrogens is 1. The van der Waals surface area contributed by atoms with Crippen LogP contribution >= 0.6 is 0 Å². The molecule has 4 rings (SSSR count). The van der Waals surface area contributed by atoms with Crippen LogP contribution in [-0.2, 0) is 0 Å². The van der Waals surface area contributed by atoms with Crippen molar-refractivity contribution in [3.63, 3.8) is 0 Å². The first kappa shape index (κ1) is 14.3. The van der Waals surface area contributed by atoms with Gasteiger partial charge in [-0.3, -0.25) is 14.9 Å². The van der Waals surface area contributed by atoms with E-state index in [0.29, 0.717) is 24.6 Å². The van der Waals surface area contributed by atoms with Gasteiger partial charge in [-0.2, -0.15) is 9.78 Å². The van der Waals surface area contributed by atoms with Gasteiger partial charge >= 0.3 is 0 Å². The molecule has 0 aromatic carbocycles. The minimum atomic E-state index is -0.0730. The van der Waals surface area contributed by atoms with Crippen molar-refractivity contribution >= 4 is 11.6 Å². The molecule has 0 unspecified atom stereocenters. The fourth-order valence-corrected chi connectivity index (χ4v) is 2.70. The highest BCUT2D eigenvalue weighted by molar-refractivity contribution is 5.92. The van der Waals surface area contributed by atoms with Crippen molar-refractivity contribution < 1.29 is 4.79 Å². The maximum atomic E-state index is 12.6. The molecule has 0 saturated carbocycles. The molecule has 1 saturated heterocycles. The van der Waals surface area contributed by atoms with Gasteiger partial charge in [0.2, 0.25) is 0 Å². The van der Waals surface area contributed by atoms with Crippen molar-refractivity contribution in [1.29, 1.82) is 0 Å². The summed E-state index contributed by atoms with van der Waals surface area (Å²) in [4.78, 5) is 20.7. The monoisotopic (exact) mass is 325 g/mol. The number of nitrogens with one attached hydrogen (secondary N) is 1. The molecular weight excluding hydrogens is 310 g/mol. The lowest BCUT2D eigenvalue weighted by Crippen LogP contribution is -2.48. The molecule has 122 valence electrons. The van der Waals surface area contributed by atoms with Gasteiger partial charge in [-0.05, 0) is 22.6 Å². The summed E-state index contributed by atoms with van der Waals surface area (Å²) >= 11 is 0. The average molecular weight is 325 g/mol. The van der Waals surface area contributed by atoms with Crippen molar-refractivity contribution in [3.05, 3.63) is 42.6 Å². The lowest BCUT2D eigenvalue weighted by Gasteiger charge is -2.35. The smallest absolute Gasteiger partial charge is 0.272 e. The molecule has 4 heterocycles. The van der Waals surface area contributed by atoms with Gasteiger partial charge in [0.15, 0.2) is 5.82 Å². The van der Waals surface area contributed by atoms with Crippen LogP contribution in [0.2, 0.25) is 0 Å². The Labute approximate surface area is 137 Å². The number of piperazine rings is 1. The number of rotatable bonds is 3. The average Bonchev–Trinajstić information content (AvgIpc) is 3.33. The number of aromatic nitrogens is 7. The molecule has 10 heteroatoms. The summed E-state index contributed by atoms with van der Waals surface area (Å²) in [6.45, 7) is 2.87. The first-order valence-corrected chi connectivity index (χ1v) is 7.54. The molecule has 0 bridgehead atoms. The van der Waals surface area contributed by atoms with Crippen LogP contribution in [0.25, 0.3) is 5.82 Å². The predicted octanol–water partition coefficient (Wildman–Crippen LogP) is -0.257. The number of hydrogen-bond donors (Lipinski definition) is 1. The van der Waals surface area contributed by atoms with Gasteiger partial charge < -0.3 is 9.80 Å². The number of aromatic amines is 1. The lowest BCUT2D eigenvalue weighted by molar-refractivity contribution is 0.0741. The zero-order chi connectivity index (χ0) is 16.4. The third-order valence-corrected chi connectivity index (χ3v) is 3.97. The van der Waals surface area contributed by atoms with Gasteiger partial charge in [0, 0.05) is 50.3 Å². The zero-order valence-corrected chi connectivity index (χ0v) is 12.8. The van der Waals surface area contributed by atoms with Crippen LogP contribution < -0.4 is 4.90 Å². The molecule has 0 spiro atoms. The van der Waals surface area contributed by atoms with Crippen molar-refractivity contribution in [1.82, 2.24) is 40.3 Å². The topological polar surface area (TPSA) is 109 Å². The Bertz CT molecular complexity index is 806. The van der Waals surface area contributed by atoms with Crippen molar-refractivity contribution in [2.75, 3.05) is 31.1 Å². The summed E-state index contributed by atoms with van der Waals surface area (Å²) in [5.74, 6) is 0.412. The van der Waals surface area contributed by atoms with E-state index in [9.17, 15) is 4.79 Å². The van der Waals surface area contributed by atoms with Gasteiger partial charge in [-0.25, -0.2) is 0 Å². The number of carbonyl (C=O) groups is 1. The van der Waals surface area contributed by atoms with Crippen LogP contribution in [0.15, 0.2) is 36.9 Å². The quantitative estimate of drug-likeness (QED) is 0.707. The van der Waals surface area contributed by atoms with Crippen LogP contribution in [0.4, 0.5) is 5.69 Å². The molecule has 3 aromatic heterocycles. The molecule has 1 fully saturated rings. The van der Waals surface area contributed by atoms with E-state index >= 15 is 0 Å². The molecule has 0 aliphatic carbocycles. The SMILES string of the molecule is O=C(c1cc(-n2cnnn2)n[nH]1)N1CCN(c2ccncc2)CC1. The molecule has 1 aliphatic rings. The lowest BCUT2D eigenvalue weighted by atomic mass is 10.2. The summed E-state index contributed by atoms with van der Waals surface area (Å²) in [5.41, 5.74) is 1.55. The Morgan fingerprint density at radius 2 is 1.92 bits per heavy atom. The number of pyridine rings is 1. The van der Waals surface area contributed by atoms with E-state index in [1.165, 1.54) is 11.0 Å². The van der Waals surface area contributed by atoms with Gasteiger partial charge in [0.1, 0.15) is 12.0 Å². The number of hydrogen-bond acceptors (Lipinski definition) is 7. The third-order valence-electron chi connectivity index (χ3n) is 3.97. The Hall–Kier alpha value is -3.30. The normalized spacial score (nSPS) is 14.8. The zero-order valence-electron chi connectivity index (χ0n) is 12.8. The highest BCUT2D eigenvalue weighted by atomic mass is 16.2. The Kier molecular flexibility index (Phi) is 3.61. The molecule has 1 amide bonds. The highest BCUT2D eigenvalue weighted by Crippen LogP contribution is 2.16. The van der Waals surface area contributed by atoms with Crippen LogP contribution in [0, 0.1) is 0 Å². The fraction of sp³-hybridized carbons (Fsp3) is 0.286. The van der Waals surface area contributed by atoms with Gasteiger partial charge in [-0.1, -0.05) is 0 Å². The number of nitrogens with zero attached hydrogens (tertiary/aromatic N) is 8. The maximum absolute atomic E-state index is 12.6. The minimum absolute atomic E-state index is 0.0730. The largest absolute Gasteiger partial charge is 0.368 e. The Balaban J connectivity index is 1.41. The molecule has 10 nitrogen and oxygen atoms in total. The van der Waals surface area contributed by atoms with Crippen molar-refractivity contribution in [2.45, 2.75) is 0 Å². The van der Waals surface area contributed by atoms with E-state index in [4.69, 9.17) is 0 Å². The number of tetrazole rings is 1. The van der Waals surface area contributed by atoms with E-state index in [1.54, 1.807) is 18.5 Å². The van der Waals surface area contributed by atoms with Gasteiger partial charge in [0.25, 0.3) is 5.91 Å². The van der Waals surface area contributed by atoms with Gasteiger partial charge in [-0.15, -0.1) is 5.10 Å². The van der Waals surface area contributed by atoms with Crippen LogP contribution in [-0.4, -0.2) is 72.4 Å². The first-order valence-electron chi connectivity index (χ1n) is 7.54. The highest BCUT2D eigenvalue weighted by Gasteiger charge is 2.24. The van der Waals surface area contributed by atoms with E-state index < -0.39 is 0 Å². The summed E-state index contributed by atoms with van der Waals surface area (Å²) in [7, 11) is 0. The van der Waals surface area contributed by atoms with Crippen molar-refractivity contribution in [2.24, 2.45) is 0 Å². The molecule has 0 atom stereocenters. The Morgan fingerprint density at radius 1 is 1.12 bits per heavy atom. The van der Waals surface area contributed by atoms with E-state index in [1.807, 2.05) is 17.0 Å². The molecule has 24 heavy (non-hydrogen) atoms. The molecule has 1 aliphatic heterocycles. The molecule has 3 aromatic rings. The van der Waals surface area contributed by atoms with Crippen LogP contribution in [0.1, 0.15) is 10.5 Å². The summed E-state index contributed by atoms with van der Waals surface area (Å²) in [6, 6.07) is 5.60. The maximum Gasteiger partial charge on any atom is 0.272 e. The molecule has 0 radical (unpaired) electrons. The second kappa shape index (κ2) is 6.07. The number of anilines is 1. The third kappa shape index (κ3) is 2.69. The first-order chi connectivity index (χ1) is 11.8. The minimum Gasteiger partial charge on any atom is -0.368 e. The van der Waals surface area contributed by atoms with E-state index in [0.717, 1.165) is 18.8 Å². The van der Waals surface area contributed by atoms with Gasteiger partial charge in [0.05, 0.1) is 0 Å². The second-order valence-electron chi connectivity index (χ2n) is 5.38. The predicted molar refractivity (Wildman–Crippen MR) is 83.7 cm³/mol. The Morgan fingerprint density at radius 3 is 2.62 bits per heavy atom. The summed E-state index contributed by atoms with van der Waals surface area (Å²) in [5, 5.41) is 17.7. The second-order valence-corrected chi connectivity index (χ2v) is 5.38. The fourth-order valence-electron chi connectivity index (χ4n) is 2.70. The summed E-state index contributed by atoms with van der Waals surface area (Å²) < 4.78 is 1.40. The van der Waals surface area contributed by atoms with E-state index in [-0.39, 0.29) is 5.91 Å². The summed E-state index contributed by atoms with van der Waals surface area (Å²) in [6.07, 6.45) is 4.98. The van der Waals surface area contributed by atoms with E-state index in [2.05, 4.69) is 35.6 Å². The van der Waals surface area contributed by atoms with Crippen molar-refractivity contribution in [3.8, 4) is 5.82 Å². The standard InChI is InChI=1S/C14H15N9O/c24-14(12-9-13(18-17-12)23-10-16-19-20-23)22-7-5-21(6-8-22)11-1-3-15-4-2-11/h1-4,9-10H,5-8H2,(H,17,18). The molecule has 1 N–H and O–H groups in total. The molecular formula is C14H15N9O.